The average Bonchev–Trinajstić information content (AvgIpc) is 3.25. The van der Waals surface area contributed by atoms with Gasteiger partial charge in [0.15, 0.2) is 0 Å². The summed E-state index contributed by atoms with van der Waals surface area (Å²) in [4.78, 5) is 6.19. The van der Waals surface area contributed by atoms with E-state index in [4.69, 9.17) is 16.3 Å². The number of rotatable bonds is 4. The summed E-state index contributed by atoms with van der Waals surface area (Å²) >= 11 is 6.59. The molecule has 2 aromatic heterocycles. The summed E-state index contributed by atoms with van der Waals surface area (Å²) in [6.45, 7) is 3.69. The van der Waals surface area contributed by atoms with E-state index in [0.29, 0.717) is 5.15 Å². The molecule has 1 aliphatic heterocycles. The van der Waals surface area contributed by atoms with E-state index in [2.05, 4.69) is 51.4 Å². The van der Waals surface area contributed by atoms with Crippen LogP contribution in [0.4, 0.5) is 0 Å². The maximum absolute atomic E-state index is 6.59. The average molecular weight is 421 g/mol. The number of hydrogen-bond donors (Lipinski definition) is 1. The Balaban J connectivity index is 1.67. The molecule has 1 N–H and O–H groups in total. The predicted molar refractivity (Wildman–Crippen MR) is 120 cm³/mol. The van der Waals surface area contributed by atoms with E-state index in [9.17, 15) is 0 Å². The molecule has 0 bridgehead atoms. The predicted octanol–water partition coefficient (Wildman–Crippen LogP) is 5.02. The number of para-hydroxylation sites is 2. The van der Waals surface area contributed by atoms with E-state index >= 15 is 0 Å². The Hall–Kier alpha value is -2.76. The van der Waals surface area contributed by atoms with Crippen LogP contribution in [0.2, 0.25) is 5.15 Å². The number of hydrogen-bond acceptors (Lipinski definition) is 3. The maximum Gasteiger partial charge on any atom is 0.131 e. The van der Waals surface area contributed by atoms with Crippen molar-refractivity contribution in [2.45, 2.75) is 25.9 Å². The van der Waals surface area contributed by atoms with Crippen molar-refractivity contribution in [3.63, 3.8) is 0 Å². The lowest BCUT2D eigenvalue weighted by Crippen LogP contribution is -2.36. The third-order valence-electron chi connectivity index (χ3n) is 6.20. The quantitative estimate of drug-likeness (QED) is 0.504. The number of nitrogens with zero attached hydrogens (tertiary/aromatic N) is 3. The number of benzene rings is 2. The minimum absolute atomic E-state index is 0.0490. The number of aryl methyl sites for hydroxylation is 2. The molecule has 30 heavy (non-hydrogen) atoms. The molecule has 5 rings (SSSR count). The van der Waals surface area contributed by atoms with Gasteiger partial charge in [-0.2, -0.15) is 5.10 Å². The highest BCUT2D eigenvalue weighted by Gasteiger charge is 2.34. The summed E-state index contributed by atoms with van der Waals surface area (Å²) in [7, 11) is 3.63. The number of methoxy groups -OCH3 is 1. The molecule has 0 radical (unpaired) electrons. The number of nitrogens with one attached hydrogen (secondary N) is 1. The molecule has 0 fully saturated rings. The highest BCUT2D eigenvalue weighted by Crippen LogP contribution is 2.42. The minimum Gasteiger partial charge on any atom is -0.496 e. The standard InChI is InChI=1S/C24H25ClN4O/c1-15-19(24(25)28(2)27-15)14-29-13-12-17-16-8-4-6-10-20(16)26-22(17)23(29)18-9-5-7-11-21(18)30-3/h4-11,23,26H,12-14H2,1-3H3/t23-/m0/s1. The van der Waals surface area contributed by atoms with E-state index < -0.39 is 0 Å². The molecule has 0 spiro atoms. The lowest BCUT2D eigenvalue weighted by atomic mass is 9.91. The van der Waals surface area contributed by atoms with Crippen molar-refractivity contribution in [1.29, 1.82) is 0 Å². The Kier molecular flexibility index (Phi) is 4.80. The second-order valence-corrected chi connectivity index (χ2v) is 8.26. The van der Waals surface area contributed by atoms with Gasteiger partial charge in [-0.1, -0.05) is 48.0 Å². The van der Waals surface area contributed by atoms with E-state index in [1.807, 2.05) is 26.1 Å². The monoisotopic (exact) mass is 420 g/mol. The molecule has 0 unspecified atom stereocenters. The molecule has 4 aromatic rings. The van der Waals surface area contributed by atoms with Crippen molar-refractivity contribution in [2.75, 3.05) is 13.7 Å². The number of aromatic nitrogens is 3. The third kappa shape index (κ3) is 3.01. The second kappa shape index (κ2) is 7.49. The lowest BCUT2D eigenvalue weighted by Gasteiger charge is -2.36. The molecule has 2 aromatic carbocycles. The van der Waals surface area contributed by atoms with Gasteiger partial charge in [-0.05, 0) is 31.0 Å². The van der Waals surface area contributed by atoms with Crippen LogP contribution in [0.15, 0.2) is 48.5 Å². The van der Waals surface area contributed by atoms with Gasteiger partial charge >= 0.3 is 0 Å². The number of aromatic amines is 1. The van der Waals surface area contributed by atoms with Gasteiger partial charge in [-0.25, -0.2) is 0 Å². The maximum atomic E-state index is 6.59. The first-order chi connectivity index (χ1) is 14.6. The van der Waals surface area contributed by atoms with Crippen molar-refractivity contribution >= 4 is 22.5 Å². The number of fused-ring (bicyclic) bond motifs is 3. The molecule has 154 valence electrons. The Morgan fingerprint density at radius 1 is 1.17 bits per heavy atom. The molecule has 0 saturated heterocycles. The van der Waals surface area contributed by atoms with Crippen LogP contribution in [0.3, 0.4) is 0 Å². The van der Waals surface area contributed by atoms with Crippen molar-refractivity contribution in [3.05, 3.63) is 81.8 Å². The second-order valence-electron chi connectivity index (χ2n) is 7.91. The normalized spacial score (nSPS) is 16.7. The summed E-state index contributed by atoms with van der Waals surface area (Å²) in [6, 6.07) is 16.9. The van der Waals surface area contributed by atoms with Crippen LogP contribution in [-0.2, 0) is 20.0 Å². The summed E-state index contributed by atoms with van der Waals surface area (Å²) in [6.07, 6.45) is 0.988. The Bertz CT molecular complexity index is 1230. The Morgan fingerprint density at radius 2 is 1.93 bits per heavy atom. The first-order valence-electron chi connectivity index (χ1n) is 10.2. The van der Waals surface area contributed by atoms with Crippen LogP contribution in [-0.4, -0.2) is 33.3 Å². The summed E-state index contributed by atoms with van der Waals surface area (Å²) in [5, 5.41) is 6.52. The van der Waals surface area contributed by atoms with Crippen molar-refractivity contribution in [1.82, 2.24) is 19.7 Å². The topological polar surface area (TPSA) is 46.1 Å². The van der Waals surface area contributed by atoms with Gasteiger partial charge in [0.05, 0.1) is 18.8 Å². The number of H-pyrrole nitrogens is 1. The van der Waals surface area contributed by atoms with Crippen molar-refractivity contribution in [2.24, 2.45) is 7.05 Å². The molecule has 0 amide bonds. The van der Waals surface area contributed by atoms with Gasteiger partial charge in [-0.15, -0.1) is 0 Å². The van der Waals surface area contributed by atoms with Crippen LogP contribution in [0.1, 0.15) is 34.1 Å². The third-order valence-corrected chi connectivity index (χ3v) is 6.67. The van der Waals surface area contributed by atoms with Gasteiger partial charge in [0, 0.05) is 47.9 Å². The van der Waals surface area contributed by atoms with Gasteiger partial charge < -0.3 is 9.72 Å². The minimum atomic E-state index is 0.0490. The first kappa shape index (κ1) is 19.2. The van der Waals surface area contributed by atoms with Crippen molar-refractivity contribution < 1.29 is 4.74 Å². The zero-order chi connectivity index (χ0) is 20.8. The van der Waals surface area contributed by atoms with Gasteiger partial charge in [0.1, 0.15) is 10.9 Å². The largest absolute Gasteiger partial charge is 0.496 e. The Morgan fingerprint density at radius 3 is 2.70 bits per heavy atom. The van der Waals surface area contributed by atoms with Gasteiger partial charge in [0.25, 0.3) is 0 Å². The molecular formula is C24H25ClN4O. The van der Waals surface area contributed by atoms with E-state index in [1.165, 1.54) is 22.2 Å². The zero-order valence-corrected chi connectivity index (χ0v) is 18.2. The molecule has 0 aliphatic carbocycles. The van der Waals surface area contributed by atoms with E-state index in [1.54, 1.807) is 11.8 Å². The van der Waals surface area contributed by atoms with Crippen LogP contribution in [0.5, 0.6) is 5.75 Å². The molecule has 0 saturated carbocycles. The van der Waals surface area contributed by atoms with E-state index in [-0.39, 0.29) is 6.04 Å². The lowest BCUT2D eigenvalue weighted by molar-refractivity contribution is 0.198. The molecule has 3 heterocycles. The fourth-order valence-electron chi connectivity index (χ4n) is 4.76. The smallest absolute Gasteiger partial charge is 0.131 e. The SMILES string of the molecule is COc1ccccc1[C@H]1c2[nH]c3ccccc3c2CCN1Cc1c(C)nn(C)c1Cl. The summed E-state index contributed by atoms with van der Waals surface area (Å²) in [5.41, 5.74) is 7.03. The molecule has 5 nitrogen and oxygen atoms in total. The van der Waals surface area contributed by atoms with Crippen LogP contribution in [0.25, 0.3) is 10.9 Å². The summed E-state index contributed by atoms with van der Waals surface area (Å²) < 4.78 is 7.51. The molecule has 6 heteroatoms. The van der Waals surface area contributed by atoms with Gasteiger partial charge in [0.2, 0.25) is 0 Å². The van der Waals surface area contributed by atoms with E-state index in [0.717, 1.165) is 42.1 Å². The summed E-state index contributed by atoms with van der Waals surface area (Å²) in [5.74, 6) is 0.896. The highest BCUT2D eigenvalue weighted by atomic mass is 35.5. The first-order valence-corrected chi connectivity index (χ1v) is 10.6. The number of halogens is 1. The molecule has 1 aliphatic rings. The fraction of sp³-hybridized carbons (Fsp3) is 0.292. The zero-order valence-electron chi connectivity index (χ0n) is 17.4. The fourth-order valence-corrected chi connectivity index (χ4v) is 5.00. The Labute approximate surface area is 181 Å². The highest BCUT2D eigenvalue weighted by molar-refractivity contribution is 6.30. The van der Waals surface area contributed by atoms with Crippen LogP contribution >= 0.6 is 11.6 Å². The molecular weight excluding hydrogens is 396 g/mol. The number of ether oxygens (including phenoxy) is 1. The van der Waals surface area contributed by atoms with Crippen LogP contribution in [0, 0.1) is 6.92 Å². The molecule has 1 atom stereocenters. The van der Waals surface area contributed by atoms with Crippen LogP contribution < -0.4 is 4.74 Å². The van der Waals surface area contributed by atoms with Gasteiger partial charge in [-0.3, -0.25) is 9.58 Å². The van der Waals surface area contributed by atoms with Crippen molar-refractivity contribution in [3.8, 4) is 5.75 Å².